The van der Waals surface area contributed by atoms with E-state index in [0.717, 1.165) is 41.8 Å². The largest absolute Gasteiger partial charge is 0.460 e. The number of ether oxygens (including phenoxy) is 1. The number of hydrogen-bond acceptors (Lipinski definition) is 8. The normalized spacial score (nSPS) is 15.6. The second-order valence-corrected chi connectivity index (χ2v) is 7.82. The quantitative estimate of drug-likeness (QED) is 0.500. The summed E-state index contributed by atoms with van der Waals surface area (Å²) in [5, 5.41) is 6.86. The number of nitrogen functional groups attached to an aromatic ring is 1. The maximum Gasteiger partial charge on any atom is 0.323 e. The zero-order valence-corrected chi connectivity index (χ0v) is 17.8. The first-order valence-electron chi connectivity index (χ1n) is 10.0. The van der Waals surface area contributed by atoms with Crippen LogP contribution in [-0.2, 0) is 16.1 Å². The lowest BCUT2D eigenvalue weighted by Crippen LogP contribution is -2.32. The van der Waals surface area contributed by atoms with Crippen LogP contribution in [0.5, 0.6) is 0 Å². The second kappa shape index (κ2) is 9.28. The minimum absolute atomic E-state index is 0.107. The van der Waals surface area contributed by atoms with Gasteiger partial charge in [0.05, 0.1) is 0 Å². The van der Waals surface area contributed by atoms with Crippen LogP contribution in [0.3, 0.4) is 0 Å². The molecule has 0 amide bonds. The topological polar surface area (TPSA) is 115 Å². The first-order valence-corrected chi connectivity index (χ1v) is 10.4. The predicted molar refractivity (Wildman–Crippen MR) is 120 cm³/mol. The number of carbonyl (C=O) groups is 1. The van der Waals surface area contributed by atoms with Crippen molar-refractivity contribution in [2.45, 2.75) is 32.4 Å². The summed E-state index contributed by atoms with van der Waals surface area (Å²) in [5.41, 5.74) is 9.32. The van der Waals surface area contributed by atoms with Crippen LogP contribution in [0.4, 0.5) is 17.6 Å². The molecule has 4 rings (SSSR count). The van der Waals surface area contributed by atoms with Gasteiger partial charge in [0.2, 0.25) is 11.9 Å². The first kappa shape index (κ1) is 21.0. The van der Waals surface area contributed by atoms with Gasteiger partial charge in [-0.25, -0.2) is 0 Å². The molecule has 1 saturated heterocycles. The molecule has 160 valence electrons. The zero-order chi connectivity index (χ0) is 21.8. The number of nitrogens with zero attached hydrogens (tertiary/aromatic N) is 3. The Hall–Kier alpha value is -3.23. The van der Waals surface area contributed by atoms with Crippen LogP contribution in [-0.4, -0.2) is 33.5 Å². The van der Waals surface area contributed by atoms with Crippen molar-refractivity contribution in [3.8, 4) is 11.4 Å². The van der Waals surface area contributed by atoms with Crippen molar-refractivity contribution in [3.63, 3.8) is 0 Å². The maximum atomic E-state index is 12.0. The monoisotopic (exact) mass is 438 g/mol. The highest BCUT2D eigenvalue weighted by Gasteiger charge is 2.23. The lowest BCUT2D eigenvalue weighted by Gasteiger charge is -2.11. The van der Waals surface area contributed by atoms with Crippen molar-refractivity contribution >= 4 is 35.2 Å². The number of aromatic nitrogens is 3. The smallest absolute Gasteiger partial charge is 0.323 e. The number of anilines is 3. The van der Waals surface area contributed by atoms with Gasteiger partial charge in [-0.05, 0) is 61.7 Å². The van der Waals surface area contributed by atoms with E-state index in [-0.39, 0.29) is 24.6 Å². The zero-order valence-electron chi connectivity index (χ0n) is 17.1. The van der Waals surface area contributed by atoms with Gasteiger partial charge >= 0.3 is 5.97 Å². The summed E-state index contributed by atoms with van der Waals surface area (Å²) >= 11 is 6.12. The minimum Gasteiger partial charge on any atom is -0.460 e. The van der Waals surface area contributed by atoms with Crippen molar-refractivity contribution in [2.75, 3.05) is 17.6 Å². The maximum absolute atomic E-state index is 12.0. The summed E-state index contributed by atoms with van der Waals surface area (Å²) < 4.78 is 5.39. The molecule has 0 spiro atoms. The molecule has 1 atom stereocenters. The number of rotatable bonds is 6. The van der Waals surface area contributed by atoms with Crippen molar-refractivity contribution in [3.05, 3.63) is 58.6 Å². The summed E-state index contributed by atoms with van der Waals surface area (Å²) in [6.45, 7) is 3.04. The van der Waals surface area contributed by atoms with Gasteiger partial charge in [0, 0.05) is 16.3 Å². The molecular formula is C22H23ClN6O2. The van der Waals surface area contributed by atoms with E-state index < -0.39 is 0 Å². The van der Waals surface area contributed by atoms with Crippen LogP contribution in [0, 0.1) is 6.92 Å². The van der Waals surface area contributed by atoms with Crippen molar-refractivity contribution < 1.29 is 9.53 Å². The van der Waals surface area contributed by atoms with Crippen LogP contribution < -0.4 is 16.4 Å². The molecule has 8 nitrogen and oxygen atoms in total. The lowest BCUT2D eigenvalue weighted by molar-refractivity contribution is -0.147. The van der Waals surface area contributed by atoms with Crippen molar-refractivity contribution in [1.29, 1.82) is 0 Å². The highest BCUT2D eigenvalue weighted by Crippen LogP contribution is 2.25. The molecule has 0 aliphatic carbocycles. The number of hydrogen-bond donors (Lipinski definition) is 3. The fourth-order valence-corrected chi connectivity index (χ4v) is 3.53. The fraction of sp³-hybridized carbons (Fsp3) is 0.273. The Morgan fingerprint density at radius 3 is 2.77 bits per heavy atom. The molecule has 4 N–H and O–H groups in total. The van der Waals surface area contributed by atoms with Gasteiger partial charge in [-0.2, -0.15) is 15.0 Å². The van der Waals surface area contributed by atoms with Crippen LogP contribution in [0.1, 0.15) is 24.0 Å². The predicted octanol–water partition coefficient (Wildman–Crippen LogP) is 3.62. The van der Waals surface area contributed by atoms with E-state index in [9.17, 15) is 4.79 Å². The van der Waals surface area contributed by atoms with E-state index in [1.54, 1.807) is 6.07 Å². The van der Waals surface area contributed by atoms with Crippen LogP contribution >= 0.6 is 11.6 Å². The van der Waals surface area contributed by atoms with E-state index in [0.29, 0.717) is 16.8 Å². The minimum atomic E-state index is -0.204. The highest BCUT2D eigenvalue weighted by molar-refractivity contribution is 6.30. The number of benzene rings is 2. The SMILES string of the molecule is Cc1ccc(Cl)cc1-c1nc(N)nc(Nc2ccc(COC(=O)[C@H]3CCCN3)cc2)n1. The second-order valence-electron chi connectivity index (χ2n) is 7.38. The number of nitrogens with two attached hydrogens (primary N) is 1. The summed E-state index contributed by atoms with van der Waals surface area (Å²) in [4.78, 5) is 24.9. The summed E-state index contributed by atoms with van der Waals surface area (Å²) in [6.07, 6.45) is 1.83. The molecule has 1 aliphatic heterocycles. The number of nitrogens with one attached hydrogen (secondary N) is 2. The van der Waals surface area contributed by atoms with Gasteiger partial charge in [-0.1, -0.05) is 29.8 Å². The molecule has 3 aromatic rings. The molecule has 31 heavy (non-hydrogen) atoms. The van der Waals surface area contributed by atoms with Gasteiger partial charge in [0.25, 0.3) is 0 Å². The third-order valence-corrected chi connectivity index (χ3v) is 5.26. The standard InChI is InChI=1S/C22H23ClN6O2/c1-13-4-7-15(23)11-17(13)19-27-21(24)29-22(28-19)26-16-8-5-14(6-9-16)12-31-20(30)18-3-2-10-25-18/h4-9,11,18,25H,2-3,10,12H2,1H3,(H3,24,26,27,28,29)/t18-/m1/s1. The van der Waals surface area contributed by atoms with E-state index in [2.05, 4.69) is 25.6 Å². The first-order chi connectivity index (χ1) is 15.0. The van der Waals surface area contributed by atoms with Gasteiger partial charge in [-0.15, -0.1) is 0 Å². The summed E-state index contributed by atoms with van der Waals surface area (Å²) in [6, 6.07) is 12.8. The highest BCUT2D eigenvalue weighted by atomic mass is 35.5. The summed E-state index contributed by atoms with van der Waals surface area (Å²) in [7, 11) is 0. The van der Waals surface area contributed by atoms with Gasteiger partial charge < -0.3 is 21.1 Å². The molecular weight excluding hydrogens is 416 g/mol. The number of aryl methyl sites for hydroxylation is 1. The molecule has 0 radical (unpaired) electrons. The molecule has 0 saturated carbocycles. The Bertz CT molecular complexity index is 1080. The molecule has 1 aromatic heterocycles. The molecule has 2 aromatic carbocycles. The van der Waals surface area contributed by atoms with Gasteiger partial charge in [-0.3, -0.25) is 4.79 Å². The average Bonchev–Trinajstić information content (AvgIpc) is 3.29. The molecule has 2 heterocycles. The van der Waals surface area contributed by atoms with E-state index in [1.807, 2.05) is 43.3 Å². The Balaban J connectivity index is 1.43. The molecule has 0 unspecified atom stereocenters. The third-order valence-electron chi connectivity index (χ3n) is 5.03. The van der Waals surface area contributed by atoms with Gasteiger partial charge in [0.15, 0.2) is 5.82 Å². The van der Waals surface area contributed by atoms with E-state index >= 15 is 0 Å². The Morgan fingerprint density at radius 2 is 2.03 bits per heavy atom. The summed E-state index contributed by atoms with van der Waals surface area (Å²) in [5.74, 6) is 0.674. The van der Waals surface area contributed by atoms with E-state index in [4.69, 9.17) is 22.1 Å². The van der Waals surface area contributed by atoms with Crippen LogP contribution in [0.15, 0.2) is 42.5 Å². The lowest BCUT2D eigenvalue weighted by atomic mass is 10.1. The number of halogens is 1. The third kappa shape index (κ3) is 5.28. The fourth-order valence-electron chi connectivity index (χ4n) is 3.36. The van der Waals surface area contributed by atoms with E-state index in [1.165, 1.54) is 0 Å². The molecule has 0 bridgehead atoms. The Kier molecular flexibility index (Phi) is 6.29. The Labute approximate surface area is 185 Å². The van der Waals surface area contributed by atoms with Gasteiger partial charge in [0.1, 0.15) is 12.6 Å². The Morgan fingerprint density at radius 1 is 1.23 bits per heavy atom. The number of carbonyl (C=O) groups excluding carboxylic acids is 1. The average molecular weight is 439 g/mol. The number of esters is 1. The van der Waals surface area contributed by atoms with Crippen molar-refractivity contribution in [1.82, 2.24) is 20.3 Å². The van der Waals surface area contributed by atoms with Crippen LogP contribution in [0.2, 0.25) is 5.02 Å². The molecule has 9 heteroatoms. The van der Waals surface area contributed by atoms with Crippen molar-refractivity contribution in [2.24, 2.45) is 0 Å². The van der Waals surface area contributed by atoms with Crippen LogP contribution in [0.25, 0.3) is 11.4 Å². The molecule has 1 aliphatic rings. The molecule has 1 fully saturated rings.